The molecule has 8 nitrogen and oxygen atoms in total. The van der Waals surface area contributed by atoms with E-state index in [9.17, 15) is 19.1 Å². The number of amides is 1. The van der Waals surface area contributed by atoms with Crippen LogP contribution in [-0.2, 0) is 5.75 Å². The van der Waals surface area contributed by atoms with Crippen molar-refractivity contribution in [3.8, 4) is 11.5 Å². The smallest absolute Gasteiger partial charge is 0.278 e. The highest BCUT2D eigenvalue weighted by Gasteiger charge is 2.49. The minimum Gasteiger partial charge on any atom is -0.502 e. The maximum absolute atomic E-state index is 15.4. The van der Waals surface area contributed by atoms with Gasteiger partial charge in [0.2, 0.25) is 5.43 Å². The number of hydrogen-bond acceptors (Lipinski definition) is 7. The lowest BCUT2D eigenvalue weighted by Gasteiger charge is -2.53. The minimum absolute atomic E-state index is 0.0572. The van der Waals surface area contributed by atoms with Crippen LogP contribution < -0.4 is 15.2 Å². The highest BCUT2D eigenvalue weighted by Crippen LogP contribution is 2.49. The van der Waals surface area contributed by atoms with E-state index in [2.05, 4.69) is 4.98 Å². The SMILES string of the molecule is O=C1c2c(O)c(=O)ccn2N2CN1C1(/C=C\COc3cc(F)c(F)c4c3[C@H]2c2ncccc2SC4)CCC1. The van der Waals surface area contributed by atoms with Crippen molar-refractivity contribution in [3.63, 3.8) is 0 Å². The van der Waals surface area contributed by atoms with Crippen LogP contribution in [0.15, 0.2) is 58.5 Å². The van der Waals surface area contributed by atoms with Crippen molar-refractivity contribution in [1.29, 1.82) is 0 Å². The van der Waals surface area contributed by atoms with E-state index in [-0.39, 0.29) is 36.0 Å². The fourth-order valence-corrected chi connectivity index (χ4v) is 6.96. The molecule has 3 aliphatic heterocycles. The standard InChI is InChI=1S/C27H22F2N4O4S/c28-16-12-18-20-15(21(16)29)13-38-19-4-1-9-30-22(19)23(20)33-14-31(27(6-2-7-27)8-3-11-37-18)26(36)24-25(35)17(34)5-10-32(24)33/h1,3-5,8-10,12,23,35H,2,6-7,11,13-14H2/b8-3-/t23-/m0/s1. The highest BCUT2D eigenvalue weighted by molar-refractivity contribution is 7.98. The Morgan fingerprint density at radius 2 is 2.05 bits per heavy atom. The van der Waals surface area contributed by atoms with Gasteiger partial charge >= 0.3 is 0 Å². The Labute approximate surface area is 220 Å². The number of thioether (sulfide) groups is 1. The van der Waals surface area contributed by atoms with Crippen LogP contribution in [0.3, 0.4) is 0 Å². The number of halogens is 2. The zero-order valence-corrected chi connectivity index (χ0v) is 20.9. The lowest BCUT2D eigenvalue weighted by atomic mass is 9.74. The van der Waals surface area contributed by atoms with Crippen LogP contribution in [0.1, 0.15) is 52.6 Å². The predicted octanol–water partition coefficient (Wildman–Crippen LogP) is 3.85. The second-order valence-electron chi connectivity index (χ2n) is 9.85. The number of benzene rings is 1. The number of ether oxygens (including phenoxy) is 1. The molecule has 0 saturated heterocycles. The van der Waals surface area contributed by atoms with Gasteiger partial charge in [-0.1, -0.05) is 6.08 Å². The summed E-state index contributed by atoms with van der Waals surface area (Å²) in [5, 5.41) is 12.6. The zero-order chi connectivity index (χ0) is 26.2. The molecule has 0 unspecified atom stereocenters. The van der Waals surface area contributed by atoms with E-state index in [1.54, 1.807) is 28.2 Å². The predicted molar refractivity (Wildman–Crippen MR) is 135 cm³/mol. The van der Waals surface area contributed by atoms with E-state index >= 15 is 4.39 Å². The van der Waals surface area contributed by atoms with Crippen molar-refractivity contribution in [1.82, 2.24) is 14.6 Å². The van der Waals surface area contributed by atoms with Gasteiger partial charge in [-0.05, 0) is 37.5 Å². The van der Waals surface area contributed by atoms with Crippen LogP contribution in [-0.4, -0.2) is 44.4 Å². The first-order valence-electron chi connectivity index (χ1n) is 12.3. The van der Waals surface area contributed by atoms with Gasteiger partial charge in [-0.25, -0.2) is 8.78 Å². The lowest BCUT2D eigenvalue weighted by molar-refractivity contribution is 0.0254. The van der Waals surface area contributed by atoms with Crippen molar-refractivity contribution in [2.75, 3.05) is 18.3 Å². The Morgan fingerprint density at radius 1 is 1.21 bits per heavy atom. The van der Waals surface area contributed by atoms with Crippen LogP contribution in [0.5, 0.6) is 11.5 Å². The summed E-state index contributed by atoms with van der Waals surface area (Å²) in [6.45, 7) is 0.147. The number of nitrogens with zero attached hydrogens (tertiary/aromatic N) is 4. The van der Waals surface area contributed by atoms with E-state index in [1.807, 2.05) is 12.1 Å². The van der Waals surface area contributed by atoms with Gasteiger partial charge in [0.1, 0.15) is 25.1 Å². The van der Waals surface area contributed by atoms with E-state index < -0.39 is 40.3 Å². The van der Waals surface area contributed by atoms with Crippen molar-refractivity contribution in [3.05, 3.63) is 93.2 Å². The maximum atomic E-state index is 15.4. The summed E-state index contributed by atoms with van der Waals surface area (Å²) in [4.78, 5) is 33.5. The largest absolute Gasteiger partial charge is 0.502 e. The first-order chi connectivity index (χ1) is 18.4. The fraction of sp³-hybridized carbons (Fsp3) is 0.296. The molecule has 2 bridgehead atoms. The molecular formula is C27H22F2N4O4S. The summed E-state index contributed by atoms with van der Waals surface area (Å²) in [7, 11) is 0. The Balaban J connectivity index is 1.58. The number of fused-ring (bicyclic) bond motifs is 8. The van der Waals surface area contributed by atoms with E-state index in [0.29, 0.717) is 24.1 Å². The van der Waals surface area contributed by atoms with E-state index in [0.717, 1.165) is 17.4 Å². The molecule has 11 heteroatoms. The van der Waals surface area contributed by atoms with Gasteiger partial charge in [0.05, 0.1) is 11.2 Å². The van der Waals surface area contributed by atoms with Gasteiger partial charge in [-0.15, -0.1) is 11.8 Å². The van der Waals surface area contributed by atoms with Crippen LogP contribution in [0.2, 0.25) is 0 Å². The van der Waals surface area contributed by atoms with E-state index in [4.69, 9.17) is 4.74 Å². The van der Waals surface area contributed by atoms with Crippen molar-refractivity contribution in [2.45, 2.75) is 41.5 Å². The number of rotatable bonds is 0. The number of carbonyl (C=O) groups excluding carboxylic acids is 1. The molecule has 0 radical (unpaired) electrons. The second kappa shape index (κ2) is 8.32. The Hall–Kier alpha value is -3.86. The summed E-state index contributed by atoms with van der Waals surface area (Å²) < 4.78 is 37.8. The Morgan fingerprint density at radius 3 is 2.84 bits per heavy atom. The van der Waals surface area contributed by atoms with Gasteiger partial charge in [-0.2, -0.15) is 0 Å². The average molecular weight is 537 g/mol. The highest BCUT2D eigenvalue weighted by atomic mass is 32.2. The third-order valence-electron chi connectivity index (χ3n) is 7.91. The zero-order valence-electron chi connectivity index (χ0n) is 20.1. The molecule has 1 aromatic carbocycles. The van der Waals surface area contributed by atoms with Crippen LogP contribution >= 0.6 is 11.8 Å². The molecule has 1 amide bonds. The van der Waals surface area contributed by atoms with Crippen LogP contribution in [0.25, 0.3) is 0 Å². The number of carbonyl (C=O) groups is 1. The van der Waals surface area contributed by atoms with Crippen molar-refractivity contribution < 1.29 is 23.4 Å². The molecule has 194 valence electrons. The second-order valence-corrected chi connectivity index (χ2v) is 10.9. The maximum Gasteiger partial charge on any atom is 0.278 e. The molecule has 5 heterocycles. The topological polar surface area (TPSA) is 87.9 Å². The first-order valence-corrected chi connectivity index (χ1v) is 13.3. The van der Waals surface area contributed by atoms with Crippen molar-refractivity contribution >= 4 is 17.7 Å². The lowest BCUT2D eigenvalue weighted by Crippen LogP contribution is -2.64. The van der Waals surface area contributed by atoms with Crippen LogP contribution in [0, 0.1) is 11.6 Å². The molecule has 1 atom stereocenters. The molecule has 1 spiro atoms. The fourth-order valence-electron chi connectivity index (χ4n) is 5.89. The van der Waals surface area contributed by atoms with Gasteiger partial charge in [-0.3, -0.25) is 24.3 Å². The summed E-state index contributed by atoms with van der Waals surface area (Å²) >= 11 is 1.34. The molecule has 4 aliphatic rings. The molecule has 3 aromatic rings. The van der Waals surface area contributed by atoms with Gasteiger partial charge in [0, 0.05) is 46.3 Å². The van der Waals surface area contributed by atoms with Gasteiger partial charge in [0.25, 0.3) is 5.91 Å². The van der Waals surface area contributed by atoms with Gasteiger partial charge < -0.3 is 14.7 Å². The molecule has 2 aromatic heterocycles. The number of pyridine rings is 2. The van der Waals surface area contributed by atoms with Crippen molar-refractivity contribution in [2.24, 2.45) is 0 Å². The monoisotopic (exact) mass is 536 g/mol. The number of hydrogen-bond donors (Lipinski definition) is 1. The third-order valence-corrected chi connectivity index (χ3v) is 9.00. The molecular weight excluding hydrogens is 514 g/mol. The summed E-state index contributed by atoms with van der Waals surface area (Å²) in [6, 6.07) is 5.05. The molecule has 1 saturated carbocycles. The normalized spacial score (nSPS) is 21.7. The molecule has 1 N–H and O–H groups in total. The van der Waals surface area contributed by atoms with E-state index in [1.165, 1.54) is 28.7 Å². The molecule has 7 rings (SSSR count). The molecule has 1 aliphatic carbocycles. The first kappa shape index (κ1) is 23.3. The molecule has 38 heavy (non-hydrogen) atoms. The Kier molecular flexibility index (Phi) is 5.10. The number of aromatic hydroxyl groups is 1. The molecule has 1 fully saturated rings. The summed E-state index contributed by atoms with van der Waals surface area (Å²) in [5.41, 5.74) is -0.398. The number of aromatic nitrogens is 2. The third kappa shape index (κ3) is 3.17. The van der Waals surface area contributed by atoms with Gasteiger partial charge in [0.15, 0.2) is 23.1 Å². The minimum atomic E-state index is -1.01. The quantitative estimate of drug-likeness (QED) is 0.437. The van der Waals surface area contributed by atoms with Crippen LogP contribution in [0.4, 0.5) is 8.78 Å². The summed E-state index contributed by atoms with van der Waals surface area (Å²) in [6.07, 6.45) is 9.03. The Bertz CT molecular complexity index is 1600. The average Bonchev–Trinajstić information content (AvgIpc) is 3.07. The summed E-state index contributed by atoms with van der Waals surface area (Å²) in [5.74, 6) is -2.80.